The lowest BCUT2D eigenvalue weighted by Crippen LogP contribution is -2.18. The second-order valence-corrected chi connectivity index (χ2v) is 5.86. The summed E-state index contributed by atoms with van der Waals surface area (Å²) in [4.78, 5) is 4.34. The number of aromatic nitrogens is 2. The van der Waals surface area contributed by atoms with E-state index in [-0.39, 0.29) is 0 Å². The smallest absolute Gasteiger partial charge is 0.118 e. The first-order valence-corrected chi connectivity index (χ1v) is 7.24. The van der Waals surface area contributed by atoms with Crippen LogP contribution in [-0.4, -0.2) is 16.1 Å². The first-order chi connectivity index (χ1) is 9.47. The van der Waals surface area contributed by atoms with Crippen LogP contribution in [-0.2, 0) is 13.1 Å². The standard InChI is InChI=1S/C16H25N3O/c1-11(2)7-17-8-16-6-15(14(5)20-16)9-19-10-18-12(3)13(19)4/h6,10-11,17H,7-9H2,1-5H3. The Kier molecular flexibility index (Phi) is 4.65. The minimum atomic E-state index is 0.655. The van der Waals surface area contributed by atoms with E-state index < -0.39 is 0 Å². The molecule has 0 amide bonds. The first kappa shape index (κ1) is 14.9. The van der Waals surface area contributed by atoms with Crippen molar-refractivity contribution < 1.29 is 4.42 Å². The maximum absolute atomic E-state index is 5.82. The van der Waals surface area contributed by atoms with Crippen molar-refractivity contribution in [2.24, 2.45) is 5.92 Å². The van der Waals surface area contributed by atoms with Crippen LogP contribution in [0.25, 0.3) is 0 Å². The van der Waals surface area contributed by atoms with Crippen molar-refractivity contribution in [2.45, 2.75) is 47.7 Å². The van der Waals surface area contributed by atoms with Gasteiger partial charge in [-0.3, -0.25) is 0 Å². The molecule has 2 aromatic heterocycles. The Hall–Kier alpha value is -1.55. The summed E-state index contributed by atoms with van der Waals surface area (Å²) in [5.41, 5.74) is 3.53. The molecule has 0 atom stereocenters. The molecule has 0 aliphatic carbocycles. The van der Waals surface area contributed by atoms with E-state index in [1.54, 1.807) is 0 Å². The highest BCUT2D eigenvalue weighted by Crippen LogP contribution is 2.17. The Balaban J connectivity index is 2.02. The molecule has 110 valence electrons. The quantitative estimate of drug-likeness (QED) is 0.880. The van der Waals surface area contributed by atoms with Gasteiger partial charge in [0.2, 0.25) is 0 Å². The van der Waals surface area contributed by atoms with E-state index in [0.29, 0.717) is 5.92 Å². The predicted octanol–water partition coefficient (Wildman–Crippen LogP) is 3.20. The Morgan fingerprint density at radius 1 is 1.30 bits per heavy atom. The molecule has 4 heteroatoms. The van der Waals surface area contributed by atoms with Gasteiger partial charge in [0.05, 0.1) is 25.1 Å². The first-order valence-electron chi connectivity index (χ1n) is 7.24. The van der Waals surface area contributed by atoms with Gasteiger partial charge in [0, 0.05) is 11.3 Å². The van der Waals surface area contributed by atoms with Crippen LogP contribution in [0, 0.1) is 26.7 Å². The molecular formula is C16H25N3O. The average molecular weight is 275 g/mol. The second-order valence-electron chi connectivity index (χ2n) is 5.86. The van der Waals surface area contributed by atoms with E-state index in [4.69, 9.17) is 4.42 Å². The summed E-state index contributed by atoms with van der Waals surface area (Å²) < 4.78 is 7.98. The SMILES string of the molecule is Cc1ncn(Cc2cc(CNCC(C)C)oc2C)c1C. The van der Waals surface area contributed by atoms with Gasteiger partial charge in [0.1, 0.15) is 11.5 Å². The van der Waals surface area contributed by atoms with Gasteiger partial charge in [0.15, 0.2) is 0 Å². The Bertz CT molecular complexity index is 566. The fourth-order valence-electron chi connectivity index (χ4n) is 2.20. The van der Waals surface area contributed by atoms with Gasteiger partial charge >= 0.3 is 0 Å². The van der Waals surface area contributed by atoms with Crippen LogP contribution in [0.5, 0.6) is 0 Å². The molecule has 2 rings (SSSR count). The number of hydrogen-bond acceptors (Lipinski definition) is 3. The highest BCUT2D eigenvalue weighted by Gasteiger charge is 2.10. The fraction of sp³-hybridized carbons (Fsp3) is 0.562. The molecular weight excluding hydrogens is 250 g/mol. The predicted molar refractivity (Wildman–Crippen MR) is 80.8 cm³/mol. The van der Waals surface area contributed by atoms with Crippen molar-refractivity contribution in [3.05, 3.63) is 40.9 Å². The molecule has 1 N–H and O–H groups in total. The summed E-state index contributed by atoms with van der Waals surface area (Å²) in [6.45, 7) is 13.2. The number of rotatable bonds is 6. The molecule has 20 heavy (non-hydrogen) atoms. The van der Waals surface area contributed by atoms with Crippen LogP contribution in [0.1, 0.15) is 42.3 Å². The monoisotopic (exact) mass is 275 g/mol. The number of nitrogens with zero attached hydrogens (tertiary/aromatic N) is 2. The molecule has 2 aromatic rings. The van der Waals surface area contributed by atoms with Gasteiger partial charge in [-0.25, -0.2) is 4.98 Å². The van der Waals surface area contributed by atoms with E-state index in [1.807, 2.05) is 20.2 Å². The topological polar surface area (TPSA) is 43.0 Å². The molecule has 0 saturated heterocycles. The van der Waals surface area contributed by atoms with Crippen molar-refractivity contribution in [1.82, 2.24) is 14.9 Å². The van der Waals surface area contributed by atoms with Crippen LogP contribution < -0.4 is 5.32 Å². The zero-order valence-corrected chi connectivity index (χ0v) is 13.2. The van der Waals surface area contributed by atoms with Gasteiger partial charge in [0.25, 0.3) is 0 Å². The molecule has 0 fully saturated rings. The summed E-state index contributed by atoms with van der Waals surface area (Å²) >= 11 is 0. The van der Waals surface area contributed by atoms with Crippen LogP contribution in [0.2, 0.25) is 0 Å². The maximum atomic E-state index is 5.82. The van der Waals surface area contributed by atoms with Crippen molar-refractivity contribution in [2.75, 3.05) is 6.54 Å². The maximum Gasteiger partial charge on any atom is 0.118 e. The third kappa shape index (κ3) is 3.51. The zero-order chi connectivity index (χ0) is 14.7. The van der Waals surface area contributed by atoms with Crippen LogP contribution in [0.15, 0.2) is 16.8 Å². The third-order valence-electron chi connectivity index (χ3n) is 3.61. The Labute approximate surface area is 121 Å². The largest absolute Gasteiger partial charge is 0.465 e. The normalized spacial score (nSPS) is 11.5. The van der Waals surface area contributed by atoms with Crippen molar-refractivity contribution in [3.63, 3.8) is 0 Å². The molecule has 0 unspecified atom stereocenters. The Morgan fingerprint density at radius 3 is 2.65 bits per heavy atom. The lowest BCUT2D eigenvalue weighted by molar-refractivity contribution is 0.446. The summed E-state index contributed by atoms with van der Waals surface area (Å²) in [5, 5.41) is 3.41. The van der Waals surface area contributed by atoms with Gasteiger partial charge in [-0.2, -0.15) is 0 Å². The highest BCUT2D eigenvalue weighted by atomic mass is 16.3. The molecule has 0 aliphatic heterocycles. The summed E-state index contributed by atoms with van der Waals surface area (Å²) in [7, 11) is 0. The molecule has 0 bridgehead atoms. The Morgan fingerprint density at radius 2 is 2.05 bits per heavy atom. The summed E-state index contributed by atoms with van der Waals surface area (Å²) in [5.74, 6) is 2.66. The van der Waals surface area contributed by atoms with E-state index in [2.05, 4.69) is 41.7 Å². The van der Waals surface area contributed by atoms with Crippen LogP contribution >= 0.6 is 0 Å². The van der Waals surface area contributed by atoms with E-state index in [0.717, 1.165) is 36.8 Å². The molecule has 0 aromatic carbocycles. The molecule has 4 nitrogen and oxygen atoms in total. The van der Waals surface area contributed by atoms with Gasteiger partial charge in [-0.05, 0) is 39.3 Å². The molecule has 0 radical (unpaired) electrons. The van der Waals surface area contributed by atoms with Gasteiger partial charge < -0.3 is 14.3 Å². The molecule has 2 heterocycles. The molecule has 0 spiro atoms. The van der Waals surface area contributed by atoms with Crippen LogP contribution in [0.4, 0.5) is 0 Å². The minimum Gasteiger partial charge on any atom is -0.465 e. The highest BCUT2D eigenvalue weighted by molar-refractivity contribution is 5.22. The number of hydrogen-bond donors (Lipinski definition) is 1. The average Bonchev–Trinajstić information content (AvgIpc) is 2.87. The van der Waals surface area contributed by atoms with E-state index in [1.165, 1.54) is 11.3 Å². The van der Waals surface area contributed by atoms with Crippen molar-refractivity contribution in [1.29, 1.82) is 0 Å². The number of aryl methyl sites for hydroxylation is 2. The lowest BCUT2D eigenvalue weighted by Gasteiger charge is -2.04. The number of imidazole rings is 1. The van der Waals surface area contributed by atoms with E-state index in [9.17, 15) is 0 Å². The lowest BCUT2D eigenvalue weighted by atomic mass is 10.2. The van der Waals surface area contributed by atoms with E-state index >= 15 is 0 Å². The summed E-state index contributed by atoms with van der Waals surface area (Å²) in [6, 6.07) is 2.15. The van der Waals surface area contributed by atoms with Crippen LogP contribution in [0.3, 0.4) is 0 Å². The summed E-state index contributed by atoms with van der Waals surface area (Å²) in [6.07, 6.45) is 1.90. The number of furan rings is 1. The fourth-order valence-corrected chi connectivity index (χ4v) is 2.20. The number of nitrogens with one attached hydrogen (secondary N) is 1. The zero-order valence-electron chi connectivity index (χ0n) is 13.2. The van der Waals surface area contributed by atoms with Gasteiger partial charge in [-0.1, -0.05) is 13.8 Å². The second kappa shape index (κ2) is 6.27. The third-order valence-corrected chi connectivity index (χ3v) is 3.61. The van der Waals surface area contributed by atoms with Crippen molar-refractivity contribution in [3.8, 4) is 0 Å². The molecule has 0 saturated carbocycles. The molecule has 0 aliphatic rings. The minimum absolute atomic E-state index is 0.655. The van der Waals surface area contributed by atoms with Crippen molar-refractivity contribution >= 4 is 0 Å². The van der Waals surface area contributed by atoms with Gasteiger partial charge in [-0.15, -0.1) is 0 Å².